The van der Waals surface area contributed by atoms with Gasteiger partial charge in [-0.2, -0.15) is 0 Å². The third-order valence-electron chi connectivity index (χ3n) is 3.15. The predicted octanol–water partition coefficient (Wildman–Crippen LogP) is 4.39. The summed E-state index contributed by atoms with van der Waals surface area (Å²) in [4.78, 5) is 8.89. The molecule has 0 heterocycles. The first-order chi connectivity index (χ1) is 10.4. The van der Waals surface area contributed by atoms with Gasteiger partial charge in [0.2, 0.25) is 0 Å². The molecule has 0 saturated carbocycles. The molecule has 0 aliphatic heterocycles. The summed E-state index contributed by atoms with van der Waals surface area (Å²) >= 11 is 0. The first-order valence-corrected chi connectivity index (χ1v) is 7.55. The molecule has 2 nitrogen and oxygen atoms in total. The molecule has 0 saturated heterocycles. The minimum Gasteiger partial charge on any atom is -0.293 e. The van der Waals surface area contributed by atoms with Crippen molar-refractivity contribution in [2.75, 3.05) is 13.1 Å². The topological polar surface area (TPSA) is 24.7 Å². The van der Waals surface area contributed by atoms with E-state index in [4.69, 9.17) is 0 Å². The second-order valence-corrected chi connectivity index (χ2v) is 4.95. The Hall–Kier alpha value is -2.22. The van der Waals surface area contributed by atoms with Gasteiger partial charge in [-0.05, 0) is 30.4 Å². The van der Waals surface area contributed by atoms with Gasteiger partial charge in [-0.1, -0.05) is 60.7 Å². The standard InChI is InChI=1S/C19H22N2/c1-4-10-18(11-5-1)16-20-14-8-3-9-15-21-17-19-12-6-2-7-13-19/h1-2,4-7,10-13,16-17H,3,8-9,14-15H2. The maximum atomic E-state index is 4.44. The van der Waals surface area contributed by atoms with Gasteiger partial charge in [0, 0.05) is 25.5 Å². The van der Waals surface area contributed by atoms with Crippen LogP contribution in [-0.4, -0.2) is 25.5 Å². The van der Waals surface area contributed by atoms with Crippen molar-refractivity contribution >= 4 is 12.4 Å². The molecule has 0 aromatic heterocycles. The van der Waals surface area contributed by atoms with Crippen molar-refractivity contribution in [1.82, 2.24) is 0 Å². The molecule has 0 aliphatic carbocycles. The van der Waals surface area contributed by atoms with E-state index in [1.165, 1.54) is 17.5 Å². The summed E-state index contributed by atoms with van der Waals surface area (Å²) < 4.78 is 0. The van der Waals surface area contributed by atoms with Crippen LogP contribution < -0.4 is 0 Å². The lowest BCUT2D eigenvalue weighted by atomic mass is 10.2. The Kier molecular flexibility index (Phi) is 6.97. The number of unbranched alkanes of at least 4 members (excludes halogenated alkanes) is 2. The van der Waals surface area contributed by atoms with Crippen LogP contribution in [0.1, 0.15) is 30.4 Å². The van der Waals surface area contributed by atoms with Crippen LogP contribution in [0.25, 0.3) is 0 Å². The quantitative estimate of drug-likeness (QED) is 0.505. The maximum absolute atomic E-state index is 4.44. The van der Waals surface area contributed by atoms with E-state index in [0.29, 0.717) is 0 Å². The molecule has 0 amide bonds. The second kappa shape index (κ2) is 9.65. The van der Waals surface area contributed by atoms with Crippen molar-refractivity contribution in [2.24, 2.45) is 9.98 Å². The van der Waals surface area contributed by atoms with Gasteiger partial charge in [-0.25, -0.2) is 0 Å². The first-order valence-electron chi connectivity index (χ1n) is 7.55. The summed E-state index contributed by atoms with van der Waals surface area (Å²) in [6.07, 6.45) is 7.34. The van der Waals surface area contributed by atoms with Crippen LogP contribution in [0.4, 0.5) is 0 Å². The number of benzene rings is 2. The lowest BCUT2D eigenvalue weighted by molar-refractivity contribution is 0.698. The molecule has 2 heteroatoms. The Morgan fingerprint density at radius 1 is 0.571 bits per heavy atom. The summed E-state index contributed by atoms with van der Waals surface area (Å²) in [6.45, 7) is 1.80. The molecule has 108 valence electrons. The SMILES string of the molecule is C(=NCCCCCN=Cc1ccccc1)c1ccccc1. The zero-order chi connectivity index (χ0) is 14.6. The molecule has 2 aromatic carbocycles. The monoisotopic (exact) mass is 278 g/mol. The molecule has 21 heavy (non-hydrogen) atoms. The smallest absolute Gasteiger partial charge is 0.0389 e. The number of hydrogen-bond donors (Lipinski definition) is 0. The zero-order valence-electron chi connectivity index (χ0n) is 12.4. The van der Waals surface area contributed by atoms with Crippen molar-refractivity contribution in [1.29, 1.82) is 0 Å². The van der Waals surface area contributed by atoms with Gasteiger partial charge in [0.15, 0.2) is 0 Å². The van der Waals surface area contributed by atoms with Gasteiger partial charge in [-0.15, -0.1) is 0 Å². The van der Waals surface area contributed by atoms with Gasteiger partial charge in [0.1, 0.15) is 0 Å². The molecule has 0 spiro atoms. The van der Waals surface area contributed by atoms with Gasteiger partial charge < -0.3 is 0 Å². The summed E-state index contributed by atoms with van der Waals surface area (Å²) in [5, 5.41) is 0. The van der Waals surface area contributed by atoms with E-state index in [2.05, 4.69) is 34.3 Å². The summed E-state index contributed by atoms with van der Waals surface area (Å²) in [6, 6.07) is 20.5. The highest BCUT2D eigenvalue weighted by molar-refractivity contribution is 5.79. The van der Waals surface area contributed by atoms with Crippen LogP contribution in [0.15, 0.2) is 70.6 Å². The lowest BCUT2D eigenvalue weighted by Gasteiger charge is -1.96. The Balaban J connectivity index is 1.52. The molecule has 2 rings (SSSR count). The lowest BCUT2D eigenvalue weighted by Crippen LogP contribution is -1.88. The van der Waals surface area contributed by atoms with Crippen molar-refractivity contribution in [3.63, 3.8) is 0 Å². The third-order valence-corrected chi connectivity index (χ3v) is 3.15. The van der Waals surface area contributed by atoms with Gasteiger partial charge >= 0.3 is 0 Å². The Morgan fingerprint density at radius 2 is 1.00 bits per heavy atom. The van der Waals surface area contributed by atoms with E-state index in [-0.39, 0.29) is 0 Å². The average Bonchev–Trinajstić information content (AvgIpc) is 2.55. The number of nitrogens with zero attached hydrogens (tertiary/aromatic N) is 2. The van der Waals surface area contributed by atoms with E-state index in [1.807, 2.05) is 48.8 Å². The predicted molar refractivity (Wildman–Crippen MR) is 91.7 cm³/mol. The molecule has 0 bridgehead atoms. The summed E-state index contributed by atoms with van der Waals surface area (Å²) in [5.74, 6) is 0. The molecule has 0 aliphatic rings. The maximum Gasteiger partial charge on any atom is 0.0389 e. The highest BCUT2D eigenvalue weighted by Gasteiger charge is 1.88. The average molecular weight is 278 g/mol. The van der Waals surface area contributed by atoms with Crippen LogP contribution in [0, 0.1) is 0 Å². The van der Waals surface area contributed by atoms with Crippen molar-refractivity contribution in [3.05, 3.63) is 71.8 Å². The van der Waals surface area contributed by atoms with E-state index < -0.39 is 0 Å². The highest BCUT2D eigenvalue weighted by Crippen LogP contribution is 1.99. The fraction of sp³-hybridized carbons (Fsp3) is 0.263. The Bertz CT molecular complexity index is 493. The van der Waals surface area contributed by atoms with Crippen LogP contribution in [0.3, 0.4) is 0 Å². The van der Waals surface area contributed by atoms with Crippen LogP contribution in [0.2, 0.25) is 0 Å². The van der Waals surface area contributed by atoms with Gasteiger partial charge in [0.25, 0.3) is 0 Å². The number of hydrogen-bond acceptors (Lipinski definition) is 2. The Morgan fingerprint density at radius 3 is 1.43 bits per heavy atom. The largest absolute Gasteiger partial charge is 0.293 e. The van der Waals surface area contributed by atoms with Crippen molar-refractivity contribution in [2.45, 2.75) is 19.3 Å². The molecular formula is C19H22N2. The highest BCUT2D eigenvalue weighted by atomic mass is 14.7. The fourth-order valence-corrected chi connectivity index (χ4v) is 2.00. The van der Waals surface area contributed by atoms with Crippen molar-refractivity contribution < 1.29 is 0 Å². The molecule has 0 radical (unpaired) electrons. The third kappa shape index (κ3) is 6.66. The summed E-state index contributed by atoms with van der Waals surface area (Å²) in [5.41, 5.74) is 2.34. The molecule has 0 N–H and O–H groups in total. The zero-order valence-corrected chi connectivity index (χ0v) is 12.4. The second-order valence-electron chi connectivity index (χ2n) is 4.95. The number of rotatable bonds is 8. The molecule has 0 atom stereocenters. The van der Waals surface area contributed by atoms with E-state index in [1.54, 1.807) is 0 Å². The molecule has 0 fully saturated rings. The van der Waals surface area contributed by atoms with E-state index >= 15 is 0 Å². The van der Waals surface area contributed by atoms with Crippen LogP contribution in [-0.2, 0) is 0 Å². The molecule has 0 unspecified atom stereocenters. The van der Waals surface area contributed by atoms with Gasteiger partial charge in [-0.3, -0.25) is 9.98 Å². The number of aliphatic imine (C=N–C) groups is 2. The fourth-order valence-electron chi connectivity index (χ4n) is 2.00. The Labute approximate surface area is 127 Å². The normalized spacial score (nSPS) is 11.4. The molecular weight excluding hydrogens is 256 g/mol. The van der Waals surface area contributed by atoms with Crippen molar-refractivity contribution in [3.8, 4) is 0 Å². The van der Waals surface area contributed by atoms with Crippen LogP contribution in [0.5, 0.6) is 0 Å². The van der Waals surface area contributed by atoms with Gasteiger partial charge in [0.05, 0.1) is 0 Å². The molecule has 2 aromatic rings. The first kappa shape index (κ1) is 15.2. The van der Waals surface area contributed by atoms with E-state index in [9.17, 15) is 0 Å². The van der Waals surface area contributed by atoms with E-state index in [0.717, 1.165) is 25.9 Å². The minimum absolute atomic E-state index is 0.900. The minimum atomic E-state index is 0.900. The van der Waals surface area contributed by atoms with Crippen LogP contribution >= 0.6 is 0 Å². The summed E-state index contributed by atoms with van der Waals surface area (Å²) in [7, 11) is 0.